The third kappa shape index (κ3) is 2.85. The molecule has 1 heterocycles. The van der Waals surface area contributed by atoms with Gasteiger partial charge in [0.1, 0.15) is 6.33 Å². The molecule has 0 fully saturated rings. The van der Waals surface area contributed by atoms with Gasteiger partial charge >= 0.3 is 0 Å². The van der Waals surface area contributed by atoms with Crippen LogP contribution >= 0.6 is 0 Å². The van der Waals surface area contributed by atoms with Crippen molar-refractivity contribution in [2.75, 3.05) is 0 Å². The Balaban J connectivity index is 1.84. The molecule has 0 saturated heterocycles. The predicted octanol–water partition coefficient (Wildman–Crippen LogP) is 2.15. The Labute approximate surface area is 127 Å². The molecule has 0 aliphatic heterocycles. The molecule has 0 unspecified atom stereocenters. The number of tetrazole rings is 1. The lowest BCUT2D eigenvalue weighted by atomic mass is 10.1. The number of rotatable bonds is 4. The minimum absolute atomic E-state index is 0.0874. The van der Waals surface area contributed by atoms with Gasteiger partial charge in [-0.3, -0.25) is 4.79 Å². The maximum absolute atomic E-state index is 12.6. The average molecular weight is 293 g/mol. The fourth-order valence-corrected chi connectivity index (χ4v) is 2.24. The molecule has 3 rings (SSSR count). The molecule has 0 spiro atoms. The van der Waals surface area contributed by atoms with Gasteiger partial charge < -0.3 is 5.32 Å². The van der Waals surface area contributed by atoms with Gasteiger partial charge in [-0.15, -0.1) is 5.10 Å². The largest absolute Gasteiger partial charge is 0.345 e. The molecule has 3 aromatic rings. The lowest BCUT2D eigenvalue weighted by Crippen LogP contribution is -2.27. The topological polar surface area (TPSA) is 72.7 Å². The van der Waals surface area contributed by atoms with Gasteiger partial charge in [0, 0.05) is 0 Å². The number of aromatic nitrogens is 4. The van der Waals surface area contributed by atoms with Crippen molar-refractivity contribution in [2.45, 2.75) is 13.0 Å². The number of nitrogens with zero attached hydrogens (tertiary/aromatic N) is 4. The molecule has 0 aliphatic carbocycles. The van der Waals surface area contributed by atoms with Crippen molar-refractivity contribution < 1.29 is 4.79 Å². The summed E-state index contributed by atoms with van der Waals surface area (Å²) in [7, 11) is 0. The van der Waals surface area contributed by atoms with E-state index in [1.165, 1.54) is 11.0 Å². The first-order valence-electron chi connectivity index (χ1n) is 6.94. The van der Waals surface area contributed by atoms with Gasteiger partial charge in [-0.1, -0.05) is 42.5 Å². The van der Waals surface area contributed by atoms with Crippen molar-refractivity contribution in [3.8, 4) is 5.69 Å². The van der Waals surface area contributed by atoms with Crippen LogP contribution in [0, 0.1) is 0 Å². The summed E-state index contributed by atoms with van der Waals surface area (Å²) in [6, 6.07) is 16.9. The van der Waals surface area contributed by atoms with E-state index in [0.717, 1.165) is 5.56 Å². The number of para-hydroxylation sites is 1. The van der Waals surface area contributed by atoms with Crippen molar-refractivity contribution in [3.63, 3.8) is 0 Å². The van der Waals surface area contributed by atoms with Gasteiger partial charge in [0.05, 0.1) is 17.3 Å². The van der Waals surface area contributed by atoms with Crippen LogP contribution in [0.2, 0.25) is 0 Å². The predicted molar refractivity (Wildman–Crippen MR) is 81.5 cm³/mol. The first-order chi connectivity index (χ1) is 10.8. The Kier molecular flexibility index (Phi) is 3.91. The first kappa shape index (κ1) is 13.9. The molecule has 0 aliphatic rings. The van der Waals surface area contributed by atoms with Gasteiger partial charge in [0.25, 0.3) is 5.91 Å². The van der Waals surface area contributed by atoms with E-state index < -0.39 is 0 Å². The third-order valence-corrected chi connectivity index (χ3v) is 3.39. The highest BCUT2D eigenvalue weighted by molar-refractivity contribution is 5.97. The van der Waals surface area contributed by atoms with Crippen LogP contribution < -0.4 is 5.32 Å². The fraction of sp³-hybridized carbons (Fsp3) is 0.125. The molecule has 22 heavy (non-hydrogen) atoms. The van der Waals surface area contributed by atoms with Gasteiger partial charge in [0.2, 0.25) is 0 Å². The smallest absolute Gasteiger partial charge is 0.253 e. The minimum atomic E-state index is -0.164. The van der Waals surface area contributed by atoms with E-state index in [9.17, 15) is 4.79 Å². The molecule has 6 nitrogen and oxygen atoms in total. The number of benzene rings is 2. The molecule has 1 N–H and O–H groups in total. The van der Waals surface area contributed by atoms with Crippen LogP contribution in [-0.4, -0.2) is 26.1 Å². The quantitative estimate of drug-likeness (QED) is 0.800. The van der Waals surface area contributed by atoms with E-state index in [0.29, 0.717) is 11.3 Å². The highest BCUT2D eigenvalue weighted by Crippen LogP contribution is 2.16. The van der Waals surface area contributed by atoms with E-state index in [2.05, 4.69) is 20.8 Å². The molecule has 0 saturated carbocycles. The zero-order valence-corrected chi connectivity index (χ0v) is 12.0. The fourth-order valence-electron chi connectivity index (χ4n) is 2.24. The highest BCUT2D eigenvalue weighted by atomic mass is 16.1. The van der Waals surface area contributed by atoms with E-state index >= 15 is 0 Å². The minimum Gasteiger partial charge on any atom is -0.345 e. The molecule has 2 aromatic carbocycles. The molecular weight excluding hydrogens is 278 g/mol. The van der Waals surface area contributed by atoms with Crippen molar-refractivity contribution >= 4 is 5.91 Å². The number of carbonyl (C=O) groups excluding carboxylic acids is 1. The van der Waals surface area contributed by atoms with Crippen LogP contribution in [0.25, 0.3) is 5.69 Å². The maximum atomic E-state index is 12.6. The second-order valence-corrected chi connectivity index (χ2v) is 4.88. The molecule has 1 atom stereocenters. The van der Waals surface area contributed by atoms with Crippen LogP contribution in [0.1, 0.15) is 28.9 Å². The second-order valence-electron chi connectivity index (χ2n) is 4.88. The van der Waals surface area contributed by atoms with Gasteiger partial charge in [-0.05, 0) is 35.0 Å². The molecule has 1 amide bonds. The summed E-state index contributed by atoms with van der Waals surface area (Å²) in [6.07, 6.45) is 1.47. The second kappa shape index (κ2) is 6.17. The molecule has 110 valence electrons. The SMILES string of the molecule is C[C@H](NC(=O)c1ccccc1-n1cnnn1)c1ccccc1. The maximum Gasteiger partial charge on any atom is 0.253 e. The van der Waals surface area contributed by atoms with Gasteiger partial charge in [0.15, 0.2) is 0 Å². The third-order valence-electron chi connectivity index (χ3n) is 3.39. The van der Waals surface area contributed by atoms with E-state index in [1.807, 2.05) is 49.4 Å². The zero-order valence-electron chi connectivity index (χ0n) is 12.0. The number of carbonyl (C=O) groups is 1. The number of hydrogen-bond acceptors (Lipinski definition) is 4. The summed E-state index contributed by atoms with van der Waals surface area (Å²) < 4.78 is 1.47. The first-order valence-corrected chi connectivity index (χ1v) is 6.94. The normalized spacial score (nSPS) is 11.9. The van der Waals surface area contributed by atoms with Crippen molar-refractivity contribution in [3.05, 3.63) is 72.1 Å². The van der Waals surface area contributed by atoms with Crippen LogP contribution in [-0.2, 0) is 0 Å². The Morgan fingerprint density at radius 2 is 1.82 bits per heavy atom. The number of hydrogen-bond donors (Lipinski definition) is 1. The van der Waals surface area contributed by atoms with Crippen LogP contribution in [0.5, 0.6) is 0 Å². The molecular formula is C16H15N5O. The van der Waals surface area contributed by atoms with Crippen molar-refractivity contribution in [1.82, 2.24) is 25.5 Å². The molecule has 1 aromatic heterocycles. The summed E-state index contributed by atoms with van der Waals surface area (Å²) in [6.45, 7) is 1.95. The highest BCUT2D eigenvalue weighted by Gasteiger charge is 2.15. The monoisotopic (exact) mass is 293 g/mol. The van der Waals surface area contributed by atoms with Crippen molar-refractivity contribution in [1.29, 1.82) is 0 Å². The summed E-state index contributed by atoms with van der Waals surface area (Å²) in [4.78, 5) is 12.6. The van der Waals surface area contributed by atoms with E-state index in [-0.39, 0.29) is 11.9 Å². The van der Waals surface area contributed by atoms with Gasteiger partial charge in [-0.25, -0.2) is 0 Å². The summed E-state index contributed by atoms with van der Waals surface area (Å²) >= 11 is 0. The standard InChI is InChI=1S/C16H15N5O/c1-12(13-7-3-2-4-8-13)18-16(22)14-9-5-6-10-15(14)21-11-17-19-20-21/h2-12H,1H3,(H,18,22)/t12-/m0/s1. The lowest BCUT2D eigenvalue weighted by molar-refractivity contribution is 0.0939. The molecule has 6 heteroatoms. The van der Waals surface area contributed by atoms with Crippen LogP contribution in [0.3, 0.4) is 0 Å². The Morgan fingerprint density at radius 1 is 1.09 bits per heavy atom. The lowest BCUT2D eigenvalue weighted by Gasteiger charge is -2.15. The molecule has 0 bridgehead atoms. The summed E-state index contributed by atoms with van der Waals surface area (Å²) in [5.41, 5.74) is 2.22. The van der Waals surface area contributed by atoms with Crippen LogP contribution in [0.15, 0.2) is 60.9 Å². The number of nitrogens with one attached hydrogen (secondary N) is 1. The number of amides is 1. The Bertz CT molecular complexity index is 755. The van der Waals surface area contributed by atoms with E-state index in [1.54, 1.807) is 12.1 Å². The Hall–Kier alpha value is -3.02. The summed E-state index contributed by atoms with van der Waals surface area (Å²) in [5.74, 6) is -0.164. The molecule has 0 radical (unpaired) electrons. The Morgan fingerprint density at radius 3 is 2.55 bits per heavy atom. The van der Waals surface area contributed by atoms with Gasteiger partial charge in [-0.2, -0.15) is 4.68 Å². The summed E-state index contributed by atoms with van der Waals surface area (Å²) in [5, 5.41) is 14.1. The average Bonchev–Trinajstić information content (AvgIpc) is 3.10. The zero-order chi connectivity index (χ0) is 15.4. The van der Waals surface area contributed by atoms with Crippen molar-refractivity contribution in [2.24, 2.45) is 0 Å². The van der Waals surface area contributed by atoms with E-state index in [4.69, 9.17) is 0 Å². The van der Waals surface area contributed by atoms with Crippen LogP contribution in [0.4, 0.5) is 0 Å².